The van der Waals surface area contributed by atoms with E-state index in [1.807, 2.05) is 0 Å². The number of rotatable bonds is 5. The van der Waals surface area contributed by atoms with E-state index >= 15 is 0 Å². The Morgan fingerprint density at radius 3 is 2.40 bits per heavy atom. The molecule has 0 radical (unpaired) electrons. The maximum absolute atomic E-state index is 12.0. The molecule has 0 bridgehead atoms. The third kappa shape index (κ3) is 3.10. The number of carbonyl (C=O) groups excluding carboxylic acids is 1. The third-order valence-electron chi connectivity index (χ3n) is 2.49. The summed E-state index contributed by atoms with van der Waals surface area (Å²) < 4.78 is 29.0. The molecule has 0 aliphatic heterocycles. The molecule has 0 amide bonds. The minimum Gasteiger partial charge on any atom is -0.379 e. The summed E-state index contributed by atoms with van der Waals surface area (Å²) in [5.41, 5.74) is 0.195. The monoisotopic (exact) mass is 289 g/mol. The summed E-state index contributed by atoms with van der Waals surface area (Å²) in [6, 6.07) is 13.4. The fourth-order valence-electron chi connectivity index (χ4n) is 1.55. The van der Waals surface area contributed by atoms with Gasteiger partial charge < -0.3 is 9.59 Å². The molecule has 0 spiro atoms. The van der Waals surface area contributed by atoms with Crippen LogP contribution in [0.15, 0.2) is 59.5 Å². The molecule has 0 saturated carbocycles. The molecule has 5 nitrogen and oxygen atoms in total. The van der Waals surface area contributed by atoms with E-state index in [9.17, 15) is 13.2 Å². The highest BCUT2D eigenvalue weighted by Gasteiger charge is 2.16. The molecule has 0 aliphatic carbocycles. The fraction of sp³-hybridized carbons (Fsp3) is 0. The number of hydrogen-bond donors (Lipinski definition) is 1. The molecule has 0 saturated heterocycles. The second-order valence-electron chi connectivity index (χ2n) is 3.89. The number of benzene rings is 2. The molecule has 0 aromatic heterocycles. The lowest BCUT2D eigenvalue weighted by atomic mass is 10.1. The molecule has 1 N–H and O–H groups in total. The van der Waals surface area contributed by atoms with Gasteiger partial charge in [0.05, 0.1) is 6.21 Å². The molecule has 0 unspecified atom stereocenters. The van der Waals surface area contributed by atoms with Crippen molar-refractivity contribution in [2.24, 2.45) is 0 Å². The summed E-state index contributed by atoms with van der Waals surface area (Å²) >= 11 is 0. The van der Waals surface area contributed by atoms with Crippen LogP contribution in [0.1, 0.15) is 10.4 Å². The van der Waals surface area contributed by atoms with Crippen molar-refractivity contribution in [1.29, 1.82) is 5.41 Å². The first-order valence-electron chi connectivity index (χ1n) is 5.67. The Hall–Kier alpha value is -2.47. The highest BCUT2D eigenvalue weighted by Crippen LogP contribution is 2.19. The standard InChI is InChI=1S/C14H11NO4S/c15-10-14(16)11-5-4-6-12(9-11)19-20(17,18)13-7-2-1-3-8-13/h1-10,15H. The van der Waals surface area contributed by atoms with Crippen molar-refractivity contribution in [2.75, 3.05) is 0 Å². The van der Waals surface area contributed by atoms with E-state index in [1.165, 1.54) is 36.4 Å². The van der Waals surface area contributed by atoms with E-state index in [2.05, 4.69) is 0 Å². The molecule has 0 atom stereocenters. The zero-order chi connectivity index (χ0) is 14.6. The molecule has 102 valence electrons. The van der Waals surface area contributed by atoms with Crippen LogP contribution in [0.3, 0.4) is 0 Å². The van der Waals surface area contributed by atoms with Gasteiger partial charge in [0.1, 0.15) is 10.6 Å². The van der Waals surface area contributed by atoms with Crippen LogP contribution in [0.25, 0.3) is 0 Å². The summed E-state index contributed by atoms with van der Waals surface area (Å²) in [6.07, 6.45) is 0.658. The summed E-state index contributed by atoms with van der Waals surface area (Å²) in [4.78, 5) is 11.4. The maximum atomic E-state index is 12.0. The Bertz CT molecular complexity index is 739. The van der Waals surface area contributed by atoms with Crippen LogP contribution in [0.2, 0.25) is 0 Å². The summed E-state index contributed by atoms with van der Waals surface area (Å²) in [6.45, 7) is 0. The minimum absolute atomic E-state index is 0.0292. The minimum atomic E-state index is -3.93. The number of carbonyl (C=O) groups is 1. The van der Waals surface area contributed by atoms with Gasteiger partial charge in [0, 0.05) is 5.56 Å². The number of hydrogen-bond acceptors (Lipinski definition) is 5. The third-order valence-corrected chi connectivity index (χ3v) is 3.75. The van der Waals surface area contributed by atoms with Gasteiger partial charge in [0.25, 0.3) is 0 Å². The van der Waals surface area contributed by atoms with Gasteiger partial charge in [-0.15, -0.1) is 0 Å². The van der Waals surface area contributed by atoms with Crippen molar-refractivity contribution >= 4 is 22.1 Å². The van der Waals surface area contributed by atoms with Crippen molar-refractivity contribution in [2.45, 2.75) is 4.90 Å². The normalized spacial score (nSPS) is 10.8. The molecule has 0 heterocycles. The molecule has 0 fully saturated rings. The van der Waals surface area contributed by atoms with Gasteiger partial charge >= 0.3 is 10.1 Å². The summed E-state index contributed by atoms with van der Waals surface area (Å²) in [5, 5.41) is 6.90. The van der Waals surface area contributed by atoms with Gasteiger partial charge in [-0.25, -0.2) is 0 Å². The van der Waals surface area contributed by atoms with Gasteiger partial charge in [-0.3, -0.25) is 4.79 Å². The highest BCUT2D eigenvalue weighted by atomic mass is 32.2. The lowest BCUT2D eigenvalue weighted by Gasteiger charge is -2.07. The maximum Gasteiger partial charge on any atom is 0.339 e. The van der Waals surface area contributed by atoms with E-state index in [0.717, 1.165) is 0 Å². The molecule has 2 aromatic rings. The van der Waals surface area contributed by atoms with E-state index in [-0.39, 0.29) is 16.2 Å². The average Bonchev–Trinajstić information content (AvgIpc) is 2.47. The number of ketones is 1. The zero-order valence-corrected chi connectivity index (χ0v) is 11.1. The molecule has 2 rings (SSSR count). The van der Waals surface area contributed by atoms with Gasteiger partial charge in [-0.2, -0.15) is 8.42 Å². The predicted octanol–water partition coefficient (Wildman–Crippen LogP) is 2.29. The lowest BCUT2D eigenvalue weighted by Crippen LogP contribution is -2.10. The molecular weight excluding hydrogens is 278 g/mol. The first kappa shape index (κ1) is 14.0. The first-order valence-corrected chi connectivity index (χ1v) is 7.08. The van der Waals surface area contributed by atoms with Crippen molar-refractivity contribution in [1.82, 2.24) is 0 Å². The Morgan fingerprint density at radius 1 is 1.05 bits per heavy atom. The van der Waals surface area contributed by atoms with Crippen LogP contribution >= 0.6 is 0 Å². The van der Waals surface area contributed by atoms with Gasteiger partial charge in [0.15, 0.2) is 0 Å². The largest absolute Gasteiger partial charge is 0.379 e. The average molecular weight is 289 g/mol. The Balaban J connectivity index is 2.31. The van der Waals surface area contributed by atoms with Crippen molar-refractivity contribution < 1.29 is 17.4 Å². The first-order chi connectivity index (χ1) is 9.53. The van der Waals surface area contributed by atoms with Crippen LogP contribution in [-0.2, 0) is 10.1 Å². The van der Waals surface area contributed by atoms with Crippen LogP contribution < -0.4 is 4.18 Å². The molecule has 0 aliphatic rings. The molecule has 20 heavy (non-hydrogen) atoms. The van der Waals surface area contributed by atoms with E-state index < -0.39 is 15.9 Å². The van der Waals surface area contributed by atoms with Crippen LogP contribution in [0.4, 0.5) is 0 Å². The quantitative estimate of drug-likeness (QED) is 0.520. The highest BCUT2D eigenvalue weighted by molar-refractivity contribution is 7.87. The number of Topliss-reactive ketones (excluding diaryl/α,β-unsaturated/α-hetero) is 1. The van der Waals surface area contributed by atoms with Crippen molar-refractivity contribution in [3.63, 3.8) is 0 Å². The smallest absolute Gasteiger partial charge is 0.339 e. The second kappa shape index (κ2) is 5.66. The van der Waals surface area contributed by atoms with Gasteiger partial charge in [0.2, 0.25) is 5.78 Å². The predicted molar refractivity (Wildman–Crippen MR) is 73.8 cm³/mol. The van der Waals surface area contributed by atoms with Crippen molar-refractivity contribution in [3.8, 4) is 5.75 Å². The topological polar surface area (TPSA) is 84.3 Å². The number of nitrogens with one attached hydrogen (secondary N) is 1. The van der Waals surface area contributed by atoms with E-state index in [4.69, 9.17) is 9.59 Å². The van der Waals surface area contributed by atoms with E-state index in [1.54, 1.807) is 18.2 Å². The van der Waals surface area contributed by atoms with Crippen LogP contribution in [-0.4, -0.2) is 20.4 Å². The molecule has 2 aromatic carbocycles. The van der Waals surface area contributed by atoms with E-state index in [0.29, 0.717) is 6.21 Å². The lowest BCUT2D eigenvalue weighted by molar-refractivity contribution is 0.107. The second-order valence-corrected chi connectivity index (χ2v) is 5.43. The molecular formula is C14H11NO4S. The van der Waals surface area contributed by atoms with Gasteiger partial charge in [-0.05, 0) is 24.3 Å². The Labute approximate surface area is 116 Å². The Kier molecular flexibility index (Phi) is 3.95. The zero-order valence-electron chi connectivity index (χ0n) is 10.3. The summed E-state index contributed by atoms with van der Waals surface area (Å²) in [7, 11) is -3.93. The SMILES string of the molecule is N=CC(=O)c1cccc(OS(=O)(=O)c2ccccc2)c1. The van der Waals surface area contributed by atoms with Crippen LogP contribution in [0, 0.1) is 5.41 Å². The Morgan fingerprint density at radius 2 is 1.75 bits per heavy atom. The summed E-state index contributed by atoms with van der Waals surface area (Å²) in [5.74, 6) is -0.492. The fourth-order valence-corrected chi connectivity index (χ4v) is 2.49. The van der Waals surface area contributed by atoms with Gasteiger partial charge in [-0.1, -0.05) is 30.3 Å². The van der Waals surface area contributed by atoms with Crippen LogP contribution in [0.5, 0.6) is 5.75 Å². The molecule has 6 heteroatoms. The van der Waals surface area contributed by atoms with Crippen molar-refractivity contribution in [3.05, 3.63) is 60.2 Å².